The van der Waals surface area contributed by atoms with Crippen LogP contribution in [0.1, 0.15) is 40.3 Å². The highest BCUT2D eigenvalue weighted by Crippen LogP contribution is 2.28. The van der Waals surface area contributed by atoms with Crippen LogP contribution in [0.15, 0.2) is 6.07 Å². The molecule has 1 rings (SSSR count). The molecule has 0 heterocycles. The molecular formula is C13H21NO. The predicted molar refractivity (Wildman–Crippen MR) is 64.0 cm³/mol. The van der Waals surface area contributed by atoms with Crippen LogP contribution in [0.5, 0.6) is 0 Å². The maximum absolute atomic E-state index is 10.1. The third-order valence-corrected chi connectivity index (χ3v) is 3.20. The Balaban J connectivity index is 3.26. The molecular weight excluding hydrogens is 186 g/mol. The Kier molecular flexibility index (Phi) is 3.89. The van der Waals surface area contributed by atoms with Gasteiger partial charge in [0.25, 0.3) is 0 Å². The quantitative estimate of drug-likeness (QED) is 0.799. The average molecular weight is 207 g/mol. The van der Waals surface area contributed by atoms with Crippen molar-refractivity contribution in [3.8, 4) is 0 Å². The van der Waals surface area contributed by atoms with Gasteiger partial charge in [-0.15, -0.1) is 0 Å². The standard InChI is InChI=1S/C13H21NO/c1-8-7-9(2)11(4)13(10(8)3)12(15)5-6-14/h7,12,15H,5-6,14H2,1-4H3. The summed E-state index contributed by atoms with van der Waals surface area (Å²) in [6.45, 7) is 8.82. The molecule has 0 aliphatic heterocycles. The van der Waals surface area contributed by atoms with E-state index in [1.54, 1.807) is 0 Å². The van der Waals surface area contributed by atoms with Crippen LogP contribution in [0.4, 0.5) is 0 Å². The molecule has 1 atom stereocenters. The van der Waals surface area contributed by atoms with Crippen molar-refractivity contribution in [1.82, 2.24) is 0 Å². The molecule has 0 aliphatic rings. The van der Waals surface area contributed by atoms with Gasteiger partial charge in [0, 0.05) is 0 Å². The van der Waals surface area contributed by atoms with Crippen molar-refractivity contribution in [1.29, 1.82) is 0 Å². The van der Waals surface area contributed by atoms with E-state index >= 15 is 0 Å². The zero-order valence-corrected chi connectivity index (χ0v) is 10.1. The maximum atomic E-state index is 10.1. The van der Waals surface area contributed by atoms with E-state index in [1.807, 2.05) is 0 Å². The number of nitrogens with two attached hydrogens (primary N) is 1. The highest BCUT2D eigenvalue weighted by molar-refractivity contribution is 5.45. The van der Waals surface area contributed by atoms with E-state index in [1.165, 1.54) is 22.3 Å². The van der Waals surface area contributed by atoms with E-state index in [2.05, 4.69) is 33.8 Å². The van der Waals surface area contributed by atoms with Crippen molar-refractivity contribution in [2.24, 2.45) is 5.73 Å². The fourth-order valence-electron chi connectivity index (χ4n) is 2.05. The van der Waals surface area contributed by atoms with Crippen LogP contribution >= 0.6 is 0 Å². The number of aliphatic hydroxyl groups is 1. The monoisotopic (exact) mass is 207 g/mol. The zero-order valence-electron chi connectivity index (χ0n) is 10.1. The Morgan fingerprint density at radius 3 is 2.00 bits per heavy atom. The van der Waals surface area contributed by atoms with E-state index in [9.17, 15) is 5.11 Å². The highest BCUT2D eigenvalue weighted by atomic mass is 16.3. The Labute approximate surface area is 92.1 Å². The zero-order chi connectivity index (χ0) is 11.6. The van der Waals surface area contributed by atoms with Crippen LogP contribution in [0, 0.1) is 27.7 Å². The number of hydrogen-bond acceptors (Lipinski definition) is 2. The molecule has 0 saturated heterocycles. The lowest BCUT2D eigenvalue weighted by Gasteiger charge is -2.19. The molecule has 1 aromatic carbocycles. The summed E-state index contributed by atoms with van der Waals surface area (Å²) < 4.78 is 0. The first-order valence-electron chi connectivity index (χ1n) is 5.44. The predicted octanol–water partition coefficient (Wildman–Crippen LogP) is 2.30. The topological polar surface area (TPSA) is 46.2 Å². The lowest BCUT2D eigenvalue weighted by molar-refractivity contribution is 0.168. The smallest absolute Gasteiger partial charge is 0.0807 e. The van der Waals surface area contributed by atoms with E-state index in [0.29, 0.717) is 13.0 Å². The number of aliphatic hydroxyl groups excluding tert-OH is 1. The van der Waals surface area contributed by atoms with E-state index < -0.39 is 6.10 Å². The molecule has 2 nitrogen and oxygen atoms in total. The summed E-state index contributed by atoms with van der Waals surface area (Å²) in [5, 5.41) is 10.1. The van der Waals surface area contributed by atoms with E-state index in [0.717, 1.165) is 5.56 Å². The molecule has 3 N–H and O–H groups in total. The minimum absolute atomic E-state index is 0.423. The number of aryl methyl sites for hydroxylation is 2. The van der Waals surface area contributed by atoms with Gasteiger partial charge in [-0.1, -0.05) is 6.07 Å². The lowest BCUT2D eigenvalue weighted by atomic mass is 9.90. The summed E-state index contributed by atoms with van der Waals surface area (Å²) in [4.78, 5) is 0. The largest absolute Gasteiger partial charge is 0.388 e. The van der Waals surface area contributed by atoms with Crippen LogP contribution in [0.3, 0.4) is 0 Å². The van der Waals surface area contributed by atoms with Gasteiger partial charge in [-0.25, -0.2) is 0 Å². The SMILES string of the molecule is Cc1cc(C)c(C)c(C(O)CCN)c1C. The third kappa shape index (κ3) is 2.39. The molecule has 84 valence electrons. The summed E-state index contributed by atoms with van der Waals surface area (Å²) in [5.74, 6) is 0. The molecule has 15 heavy (non-hydrogen) atoms. The van der Waals surface area contributed by atoms with Crippen LogP contribution in [0.25, 0.3) is 0 Å². The minimum atomic E-state index is -0.423. The molecule has 2 heteroatoms. The van der Waals surface area contributed by atoms with Crippen LogP contribution in [0.2, 0.25) is 0 Å². The van der Waals surface area contributed by atoms with Crippen molar-refractivity contribution in [2.45, 2.75) is 40.2 Å². The molecule has 0 bridgehead atoms. The molecule has 0 aliphatic carbocycles. The number of benzene rings is 1. The lowest BCUT2D eigenvalue weighted by Crippen LogP contribution is -2.10. The van der Waals surface area contributed by atoms with Crippen molar-refractivity contribution >= 4 is 0 Å². The van der Waals surface area contributed by atoms with E-state index in [4.69, 9.17) is 5.73 Å². The fourth-order valence-corrected chi connectivity index (χ4v) is 2.05. The van der Waals surface area contributed by atoms with Gasteiger partial charge < -0.3 is 10.8 Å². The van der Waals surface area contributed by atoms with Crippen molar-refractivity contribution < 1.29 is 5.11 Å². The first kappa shape index (κ1) is 12.2. The van der Waals surface area contributed by atoms with Gasteiger partial charge in [0.1, 0.15) is 0 Å². The Morgan fingerprint density at radius 1 is 1.13 bits per heavy atom. The minimum Gasteiger partial charge on any atom is -0.388 e. The maximum Gasteiger partial charge on any atom is 0.0807 e. The van der Waals surface area contributed by atoms with Gasteiger partial charge in [0.2, 0.25) is 0 Å². The second kappa shape index (κ2) is 4.77. The first-order valence-corrected chi connectivity index (χ1v) is 5.44. The van der Waals surface area contributed by atoms with Gasteiger partial charge in [-0.3, -0.25) is 0 Å². The molecule has 0 amide bonds. The molecule has 0 spiro atoms. The summed E-state index contributed by atoms with van der Waals surface area (Å²) >= 11 is 0. The molecule has 1 aromatic rings. The summed E-state index contributed by atoms with van der Waals surface area (Å²) in [7, 11) is 0. The molecule has 0 radical (unpaired) electrons. The Bertz CT molecular complexity index is 332. The van der Waals surface area contributed by atoms with Gasteiger partial charge >= 0.3 is 0 Å². The van der Waals surface area contributed by atoms with Crippen LogP contribution in [-0.2, 0) is 0 Å². The summed E-state index contributed by atoms with van der Waals surface area (Å²) in [5.41, 5.74) is 11.4. The summed E-state index contributed by atoms with van der Waals surface area (Å²) in [6.07, 6.45) is 0.207. The van der Waals surface area contributed by atoms with Crippen LogP contribution < -0.4 is 5.73 Å². The highest BCUT2D eigenvalue weighted by Gasteiger charge is 2.15. The Morgan fingerprint density at radius 2 is 1.60 bits per heavy atom. The molecule has 1 unspecified atom stereocenters. The molecule has 0 aromatic heterocycles. The summed E-state index contributed by atoms with van der Waals surface area (Å²) in [6, 6.07) is 2.17. The second-order valence-electron chi connectivity index (χ2n) is 4.27. The van der Waals surface area contributed by atoms with Crippen molar-refractivity contribution in [3.63, 3.8) is 0 Å². The Hall–Kier alpha value is -0.860. The third-order valence-electron chi connectivity index (χ3n) is 3.20. The van der Waals surface area contributed by atoms with Crippen molar-refractivity contribution in [3.05, 3.63) is 33.9 Å². The first-order chi connectivity index (χ1) is 6.99. The fraction of sp³-hybridized carbons (Fsp3) is 0.538. The van der Waals surface area contributed by atoms with Gasteiger partial charge in [0.15, 0.2) is 0 Å². The average Bonchev–Trinajstić information content (AvgIpc) is 2.16. The van der Waals surface area contributed by atoms with Gasteiger partial charge in [-0.2, -0.15) is 0 Å². The molecule has 0 saturated carbocycles. The normalized spacial score (nSPS) is 12.9. The number of hydrogen-bond donors (Lipinski definition) is 2. The van der Waals surface area contributed by atoms with Crippen molar-refractivity contribution in [2.75, 3.05) is 6.54 Å². The van der Waals surface area contributed by atoms with Gasteiger partial charge in [0.05, 0.1) is 6.10 Å². The molecule has 0 fully saturated rings. The number of rotatable bonds is 3. The second-order valence-corrected chi connectivity index (χ2v) is 4.27. The van der Waals surface area contributed by atoms with Crippen LogP contribution in [-0.4, -0.2) is 11.7 Å². The van der Waals surface area contributed by atoms with Gasteiger partial charge in [-0.05, 0) is 68.5 Å². The van der Waals surface area contributed by atoms with E-state index in [-0.39, 0.29) is 0 Å².